The van der Waals surface area contributed by atoms with Crippen LogP contribution < -0.4 is 5.32 Å². The van der Waals surface area contributed by atoms with Gasteiger partial charge in [0.05, 0.1) is 6.61 Å². The molecule has 0 aliphatic rings. The molecule has 18 heavy (non-hydrogen) atoms. The van der Waals surface area contributed by atoms with Crippen LogP contribution in [0.1, 0.15) is 18.2 Å². The number of hydrogen-bond acceptors (Lipinski definition) is 3. The third-order valence-corrected chi connectivity index (χ3v) is 4.13. The first-order valence-corrected chi connectivity index (χ1v) is 7.13. The summed E-state index contributed by atoms with van der Waals surface area (Å²) in [6.07, 6.45) is 0.952. The molecule has 0 radical (unpaired) electrons. The predicted octanol–water partition coefficient (Wildman–Crippen LogP) is 3.28. The summed E-state index contributed by atoms with van der Waals surface area (Å²) >= 11 is 1.80. The van der Waals surface area contributed by atoms with E-state index in [4.69, 9.17) is 5.11 Å². The van der Waals surface area contributed by atoms with E-state index in [-0.39, 0.29) is 12.6 Å². The zero-order valence-electron chi connectivity index (χ0n) is 10.6. The molecule has 1 heterocycles. The normalized spacial score (nSPS) is 12.6. The average Bonchev–Trinajstić information content (AvgIpc) is 2.90. The summed E-state index contributed by atoms with van der Waals surface area (Å²) in [5, 5.41) is 12.5. The van der Waals surface area contributed by atoms with E-state index < -0.39 is 0 Å². The van der Waals surface area contributed by atoms with Gasteiger partial charge in [-0.15, -0.1) is 11.3 Å². The van der Waals surface area contributed by atoms with Crippen LogP contribution in [0, 0.1) is 0 Å². The van der Waals surface area contributed by atoms with Gasteiger partial charge in [-0.1, -0.05) is 37.3 Å². The third kappa shape index (κ3) is 3.42. The lowest BCUT2D eigenvalue weighted by Crippen LogP contribution is -2.30. The Morgan fingerprint density at radius 2 is 1.94 bits per heavy atom. The Morgan fingerprint density at radius 3 is 2.61 bits per heavy atom. The van der Waals surface area contributed by atoms with Crippen molar-refractivity contribution in [3.63, 3.8) is 0 Å². The Kier molecular flexibility index (Phi) is 4.93. The van der Waals surface area contributed by atoms with Gasteiger partial charge in [0.1, 0.15) is 0 Å². The van der Waals surface area contributed by atoms with Gasteiger partial charge in [0.15, 0.2) is 0 Å². The van der Waals surface area contributed by atoms with Gasteiger partial charge in [0.25, 0.3) is 0 Å². The molecule has 2 rings (SSSR count). The fourth-order valence-corrected chi connectivity index (χ4v) is 2.78. The predicted molar refractivity (Wildman–Crippen MR) is 77.8 cm³/mol. The molecule has 1 atom stereocenters. The van der Waals surface area contributed by atoms with Gasteiger partial charge in [-0.3, -0.25) is 0 Å². The second-order valence-electron chi connectivity index (χ2n) is 4.30. The van der Waals surface area contributed by atoms with Crippen molar-refractivity contribution in [2.75, 3.05) is 6.61 Å². The minimum absolute atomic E-state index is 0.201. The van der Waals surface area contributed by atoms with E-state index in [1.165, 1.54) is 15.3 Å². The van der Waals surface area contributed by atoms with E-state index in [0.29, 0.717) is 0 Å². The number of rotatable bonds is 6. The van der Waals surface area contributed by atoms with Gasteiger partial charge < -0.3 is 10.4 Å². The summed E-state index contributed by atoms with van der Waals surface area (Å²) in [5.74, 6) is 0. The molecule has 3 heteroatoms. The molecule has 0 amide bonds. The van der Waals surface area contributed by atoms with E-state index in [2.05, 4.69) is 48.6 Å². The highest BCUT2D eigenvalue weighted by atomic mass is 32.1. The van der Waals surface area contributed by atoms with Crippen molar-refractivity contribution >= 4 is 11.3 Å². The minimum Gasteiger partial charge on any atom is -0.395 e. The van der Waals surface area contributed by atoms with Crippen molar-refractivity contribution in [1.82, 2.24) is 5.32 Å². The molecule has 0 saturated heterocycles. The highest BCUT2D eigenvalue weighted by Crippen LogP contribution is 2.27. The van der Waals surface area contributed by atoms with Crippen LogP contribution in [-0.2, 0) is 6.54 Å². The van der Waals surface area contributed by atoms with E-state index in [0.717, 1.165) is 13.0 Å². The van der Waals surface area contributed by atoms with Gasteiger partial charge in [-0.05, 0) is 24.1 Å². The lowest BCUT2D eigenvalue weighted by Gasteiger charge is -2.12. The summed E-state index contributed by atoms with van der Waals surface area (Å²) in [4.78, 5) is 2.60. The Bertz CT molecular complexity index is 462. The summed E-state index contributed by atoms with van der Waals surface area (Å²) < 4.78 is 0. The molecule has 0 fully saturated rings. The number of aliphatic hydroxyl groups is 1. The first-order chi connectivity index (χ1) is 8.83. The van der Waals surface area contributed by atoms with Gasteiger partial charge >= 0.3 is 0 Å². The Labute approximate surface area is 112 Å². The van der Waals surface area contributed by atoms with Crippen LogP contribution in [0.25, 0.3) is 10.4 Å². The van der Waals surface area contributed by atoms with Crippen molar-refractivity contribution in [1.29, 1.82) is 0 Å². The monoisotopic (exact) mass is 261 g/mol. The van der Waals surface area contributed by atoms with Crippen LogP contribution in [0.4, 0.5) is 0 Å². The average molecular weight is 261 g/mol. The molecule has 0 aliphatic carbocycles. The quantitative estimate of drug-likeness (QED) is 0.836. The van der Waals surface area contributed by atoms with E-state index in [1.54, 1.807) is 11.3 Å². The molecule has 1 aromatic heterocycles. The lowest BCUT2D eigenvalue weighted by atomic mass is 10.2. The lowest BCUT2D eigenvalue weighted by molar-refractivity contribution is 0.238. The molecule has 0 unspecified atom stereocenters. The van der Waals surface area contributed by atoms with Crippen LogP contribution in [0.2, 0.25) is 0 Å². The van der Waals surface area contributed by atoms with Gasteiger partial charge in [-0.25, -0.2) is 0 Å². The Morgan fingerprint density at radius 1 is 1.17 bits per heavy atom. The van der Waals surface area contributed by atoms with Crippen molar-refractivity contribution < 1.29 is 5.11 Å². The van der Waals surface area contributed by atoms with E-state index in [9.17, 15) is 0 Å². The molecule has 0 bridgehead atoms. The molecular weight excluding hydrogens is 242 g/mol. The van der Waals surface area contributed by atoms with Crippen molar-refractivity contribution in [3.8, 4) is 10.4 Å². The van der Waals surface area contributed by atoms with Gasteiger partial charge in [0.2, 0.25) is 0 Å². The standard InChI is InChI=1S/C15H19NOS/c1-2-13(11-17)16-10-14-8-9-15(18-14)12-6-4-3-5-7-12/h3-9,13,16-17H,2,10-11H2,1H3/t13-/m1/s1. The number of nitrogens with one attached hydrogen (secondary N) is 1. The minimum atomic E-state index is 0.201. The number of hydrogen-bond donors (Lipinski definition) is 2. The fraction of sp³-hybridized carbons (Fsp3) is 0.333. The molecule has 0 saturated carbocycles. The highest BCUT2D eigenvalue weighted by molar-refractivity contribution is 7.15. The van der Waals surface area contributed by atoms with Gasteiger partial charge in [0, 0.05) is 22.3 Å². The van der Waals surface area contributed by atoms with Crippen molar-refractivity contribution in [3.05, 3.63) is 47.3 Å². The first kappa shape index (κ1) is 13.3. The Hall–Kier alpha value is -1.16. The zero-order chi connectivity index (χ0) is 12.8. The molecule has 0 spiro atoms. The second kappa shape index (κ2) is 6.69. The Balaban J connectivity index is 1.98. The molecule has 0 aliphatic heterocycles. The molecule has 2 N–H and O–H groups in total. The SMILES string of the molecule is CC[C@H](CO)NCc1ccc(-c2ccccc2)s1. The zero-order valence-corrected chi connectivity index (χ0v) is 11.4. The molecule has 1 aromatic carbocycles. The maximum atomic E-state index is 9.13. The van der Waals surface area contributed by atoms with Crippen molar-refractivity contribution in [2.45, 2.75) is 25.9 Å². The van der Waals surface area contributed by atoms with Gasteiger partial charge in [-0.2, -0.15) is 0 Å². The van der Waals surface area contributed by atoms with E-state index in [1.807, 2.05) is 6.07 Å². The summed E-state index contributed by atoms with van der Waals surface area (Å²) in [6.45, 7) is 3.11. The molecular formula is C15H19NOS. The smallest absolute Gasteiger partial charge is 0.0584 e. The topological polar surface area (TPSA) is 32.3 Å². The second-order valence-corrected chi connectivity index (χ2v) is 5.47. The molecule has 96 valence electrons. The summed E-state index contributed by atoms with van der Waals surface area (Å²) in [7, 11) is 0. The number of benzene rings is 1. The summed E-state index contributed by atoms with van der Waals surface area (Å²) in [6, 6.07) is 14.9. The van der Waals surface area contributed by atoms with Crippen LogP contribution in [0.15, 0.2) is 42.5 Å². The maximum Gasteiger partial charge on any atom is 0.0584 e. The van der Waals surface area contributed by atoms with Crippen LogP contribution in [0.5, 0.6) is 0 Å². The highest BCUT2D eigenvalue weighted by Gasteiger charge is 2.06. The maximum absolute atomic E-state index is 9.13. The van der Waals surface area contributed by atoms with E-state index >= 15 is 0 Å². The van der Waals surface area contributed by atoms with Crippen LogP contribution >= 0.6 is 11.3 Å². The van der Waals surface area contributed by atoms with Crippen LogP contribution in [-0.4, -0.2) is 17.8 Å². The molecule has 2 aromatic rings. The van der Waals surface area contributed by atoms with Crippen molar-refractivity contribution in [2.24, 2.45) is 0 Å². The number of thiophene rings is 1. The first-order valence-electron chi connectivity index (χ1n) is 6.32. The third-order valence-electron chi connectivity index (χ3n) is 3.00. The largest absolute Gasteiger partial charge is 0.395 e. The number of aliphatic hydroxyl groups excluding tert-OH is 1. The summed E-state index contributed by atoms with van der Waals surface area (Å²) in [5.41, 5.74) is 1.27. The fourth-order valence-electron chi connectivity index (χ4n) is 1.81. The van der Waals surface area contributed by atoms with Crippen LogP contribution in [0.3, 0.4) is 0 Å². The molecule has 2 nitrogen and oxygen atoms in total.